The van der Waals surface area contributed by atoms with Crippen molar-refractivity contribution in [2.24, 2.45) is 0 Å². The molecule has 1 unspecified atom stereocenters. The summed E-state index contributed by atoms with van der Waals surface area (Å²) >= 11 is 4.07. The van der Waals surface area contributed by atoms with Crippen LogP contribution in [0, 0.1) is 0 Å². The van der Waals surface area contributed by atoms with Crippen LogP contribution >= 0.6 is 23.5 Å². The van der Waals surface area contributed by atoms with Gasteiger partial charge in [-0.2, -0.15) is 23.5 Å². The molecule has 0 saturated carbocycles. The molecular formula is C32H66N2O2S2. The lowest BCUT2D eigenvalue weighted by molar-refractivity contribution is 0.142. The summed E-state index contributed by atoms with van der Waals surface area (Å²) < 4.78 is 0. The van der Waals surface area contributed by atoms with E-state index in [0.717, 1.165) is 12.3 Å². The number of carbonyl (C=O) groups is 1. The lowest BCUT2D eigenvalue weighted by Gasteiger charge is -2.26. The molecule has 0 saturated heterocycles. The highest BCUT2D eigenvalue weighted by Crippen LogP contribution is 2.22. The summed E-state index contributed by atoms with van der Waals surface area (Å²) in [7, 11) is 4.03. The second kappa shape index (κ2) is 29.9. The molecule has 1 atom stereocenters. The van der Waals surface area contributed by atoms with Gasteiger partial charge >= 0.3 is 6.09 Å². The summed E-state index contributed by atoms with van der Waals surface area (Å²) in [5.74, 6) is 3.46. The van der Waals surface area contributed by atoms with Crippen LogP contribution in [0.25, 0.3) is 0 Å². The Morgan fingerprint density at radius 1 is 0.632 bits per heavy atom. The van der Waals surface area contributed by atoms with E-state index in [9.17, 15) is 9.90 Å². The van der Waals surface area contributed by atoms with Gasteiger partial charge in [-0.1, -0.05) is 129 Å². The molecule has 0 aliphatic heterocycles. The Hall–Kier alpha value is -0.0700. The summed E-state index contributed by atoms with van der Waals surface area (Å²) in [4.78, 5) is 15.6. The van der Waals surface area contributed by atoms with Gasteiger partial charge in [0.15, 0.2) is 0 Å². The molecule has 0 spiro atoms. The predicted octanol–water partition coefficient (Wildman–Crippen LogP) is 10.2. The minimum Gasteiger partial charge on any atom is -0.465 e. The van der Waals surface area contributed by atoms with E-state index in [0.29, 0.717) is 18.3 Å². The molecule has 0 bridgehead atoms. The van der Waals surface area contributed by atoms with Crippen LogP contribution in [0.1, 0.15) is 142 Å². The summed E-state index contributed by atoms with van der Waals surface area (Å²) in [5, 5.41) is 10.2. The molecule has 0 aromatic carbocycles. The van der Waals surface area contributed by atoms with Crippen molar-refractivity contribution in [1.82, 2.24) is 9.80 Å². The molecule has 0 rings (SSSR count). The number of hydrogen-bond donors (Lipinski definition) is 1. The minimum atomic E-state index is -0.768. The Kier molecular flexibility index (Phi) is 29.8. The van der Waals surface area contributed by atoms with E-state index >= 15 is 0 Å². The van der Waals surface area contributed by atoms with E-state index in [-0.39, 0.29) is 0 Å². The van der Waals surface area contributed by atoms with Gasteiger partial charge in [-0.15, -0.1) is 0 Å². The smallest absolute Gasteiger partial charge is 0.407 e. The number of likely N-dealkylation sites (N-methyl/N-ethyl adjacent to an activating group) is 1. The zero-order chi connectivity index (χ0) is 28.1. The van der Waals surface area contributed by atoms with Crippen LogP contribution in [0.15, 0.2) is 0 Å². The third kappa shape index (κ3) is 27.5. The predicted molar refractivity (Wildman–Crippen MR) is 175 cm³/mol. The Bertz CT molecular complexity index is 494. The molecule has 228 valence electrons. The van der Waals surface area contributed by atoms with Crippen molar-refractivity contribution in [3.05, 3.63) is 0 Å². The molecule has 0 aromatic heterocycles. The van der Waals surface area contributed by atoms with Crippen molar-refractivity contribution in [1.29, 1.82) is 0 Å². The van der Waals surface area contributed by atoms with Crippen molar-refractivity contribution in [2.75, 3.05) is 51.0 Å². The molecule has 0 radical (unpaired) electrons. The average molecular weight is 575 g/mol. The fourth-order valence-corrected chi connectivity index (χ4v) is 7.34. The third-order valence-corrected chi connectivity index (χ3v) is 10.0. The maximum atomic E-state index is 11.9. The third-order valence-electron chi connectivity index (χ3n) is 7.31. The molecule has 1 amide bonds. The average Bonchev–Trinajstić information content (AvgIpc) is 2.89. The second-order valence-electron chi connectivity index (χ2n) is 11.5. The van der Waals surface area contributed by atoms with Gasteiger partial charge < -0.3 is 14.9 Å². The SMILES string of the molecule is CCCCCCCCCCCCSCC(CN(CCN(C)C)C(=O)O)SCCCCCCCCCCCC. The van der Waals surface area contributed by atoms with Gasteiger partial charge in [-0.05, 0) is 38.4 Å². The number of carboxylic acid groups (broad SMARTS) is 1. The molecule has 1 N–H and O–H groups in total. The van der Waals surface area contributed by atoms with E-state index in [2.05, 4.69) is 18.7 Å². The van der Waals surface area contributed by atoms with E-state index in [1.807, 2.05) is 37.6 Å². The number of nitrogens with zero attached hydrogens (tertiary/aromatic N) is 2. The quantitative estimate of drug-likeness (QED) is 0.0864. The largest absolute Gasteiger partial charge is 0.465 e. The first-order chi connectivity index (χ1) is 18.5. The normalized spacial score (nSPS) is 12.3. The van der Waals surface area contributed by atoms with E-state index in [4.69, 9.17) is 0 Å². The minimum absolute atomic E-state index is 0.403. The first-order valence-electron chi connectivity index (χ1n) is 16.3. The van der Waals surface area contributed by atoms with Crippen LogP contribution in [0.5, 0.6) is 0 Å². The van der Waals surface area contributed by atoms with Crippen LogP contribution < -0.4 is 0 Å². The zero-order valence-corrected chi connectivity index (χ0v) is 27.7. The summed E-state index contributed by atoms with van der Waals surface area (Å²) in [6, 6.07) is 0. The zero-order valence-electron chi connectivity index (χ0n) is 26.0. The number of unbranched alkanes of at least 4 members (excludes halogenated alkanes) is 18. The highest BCUT2D eigenvalue weighted by molar-refractivity contribution is 8.03. The topological polar surface area (TPSA) is 43.8 Å². The first-order valence-corrected chi connectivity index (χ1v) is 18.5. The van der Waals surface area contributed by atoms with Crippen LogP contribution in [0.2, 0.25) is 0 Å². The highest BCUT2D eigenvalue weighted by Gasteiger charge is 2.19. The second-order valence-corrected chi connectivity index (χ2v) is 14.0. The summed E-state index contributed by atoms with van der Waals surface area (Å²) in [5.41, 5.74) is 0. The fraction of sp³-hybridized carbons (Fsp3) is 0.969. The number of thioether (sulfide) groups is 2. The van der Waals surface area contributed by atoms with Crippen LogP contribution in [-0.4, -0.2) is 77.2 Å². The fourth-order valence-electron chi connectivity index (χ4n) is 4.73. The lowest BCUT2D eigenvalue weighted by Crippen LogP contribution is -2.40. The Labute approximate surface area is 247 Å². The van der Waals surface area contributed by atoms with E-state index < -0.39 is 6.09 Å². The van der Waals surface area contributed by atoms with Crippen molar-refractivity contribution in [3.8, 4) is 0 Å². The molecule has 6 heteroatoms. The monoisotopic (exact) mass is 574 g/mol. The molecule has 0 aromatic rings. The van der Waals surface area contributed by atoms with Crippen LogP contribution in [0.3, 0.4) is 0 Å². The van der Waals surface area contributed by atoms with Gasteiger partial charge in [0, 0.05) is 30.6 Å². The maximum Gasteiger partial charge on any atom is 0.407 e. The van der Waals surface area contributed by atoms with Gasteiger partial charge in [-0.25, -0.2) is 4.79 Å². The molecule has 0 heterocycles. The number of hydrogen-bond acceptors (Lipinski definition) is 4. The Morgan fingerprint density at radius 3 is 1.47 bits per heavy atom. The van der Waals surface area contributed by atoms with Gasteiger partial charge in [0.2, 0.25) is 0 Å². The first kappa shape index (κ1) is 37.9. The molecule has 0 aliphatic rings. The van der Waals surface area contributed by atoms with Gasteiger partial charge in [-0.3, -0.25) is 0 Å². The van der Waals surface area contributed by atoms with E-state index in [1.165, 1.54) is 140 Å². The van der Waals surface area contributed by atoms with Crippen molar-refractivity contribution >= 4 is 29.6 Å². The summed E-state index contributed by atoms with van der Waals surface area (Å²) in [6.45, 7) is 6.61. The molecular weight excluding hydrogens is 508 g/mol. The number of rotatable bonds is 30. The van der Waals surface area contributed by atoms with Gasteiger partial charge in [0.25, 0.3) is 0 Å². The molecule has 0 aliphatic carbocycles. The number of amides is 1. The Balaban J connectivity index is 4.15. The van der Waals surface area contributed by atoms with Crippen LogP contribution in [0.4, 0.5) is 4.79 Å². The lowest BCUT2D eigenvalue weighted by atomic mass is 10.1. The maximum absolute atomic E-state index is 11.9. The molecule has 4 nitrogen and oxygen atoms in total. The van der Waals surface area contributed by atoms with Crippen LogP contribution in [-0.2, 0) is 0 Å². The molecule has 38 heavy (non-hydrogen) atoms. The standard InChI is InChI=1S/C32H66N2O2S2/c1-5-7-9-11-13-15-17-19-21-23-27-37-30-31(29-34(32(35)36)26-25-33(3)4)38-28-24-22-20-18-16-14-12-10-8-6-2/h31H,5-30H2,1-4H3,(H,35,36). The summed E-state index contributed by atoms with van der Waals surface area (Å²) in [6.07, 6.45) is 26.7. The van der Waals surface area contributed by atoms with Crippen molar-refractivity contribution in [3.63, 3.8) is 0 Å². The van der Waals surface area contributed by atoms with Gasteiger partial charge in [0.1, 0.15) is 0 Å². The molecule has 0 fully saturated rings. The highest BCUT2D eigenvalue weighted by atomic mass is 32.2. The van der Waals surface area contributed by atoms with Crippen molar-refractivity contribution in [2.45, 2.75) is 148 Å². The van der Waals surface area contributed by atoms with Gasteiger partial charge in [0.05, 0.1) is 0 Å². The van der Waals surface area contributed by atoms with E-state index in [1.54, 1.807) is 4.90 Å². The van der Waals surface area contributed by atoms with Crippen molar-refractivity contribution < 1.29 is 9.90 Å². The Morgan fingerprint density at radius 2 is 1.05 bits per heavy atom.